The molecule has 0 aliphatic carbocycles. The lowest BCUT2D eigenvalue weighted by molar-refractivity contribution is -0.125. The van der Waals surface area contributed by atoms with Gasteiger partial charge < -0.3 is 16.0 Å². The molecule has 0 aromatic heterocycles. The minimum absolute atomic E-state index is 0.0121. The van der Waals surface area contributed by atoms with Crippen LogP contribution in [-0.4, -0.2) is 30.9 Å². The summed E-state index contributed by atoms with van der Waals surface area (Å²) in [5.41, 5.74) is 1.95. The van der Waals surface area contributed by atoms with Crippen molar-refractivity contribution in [1.82, 2.24) is 10.6 Å². The highest BCUT2D eigenvalue weighted by Crippen LogP contribution is 2.11. The molecule has 3 N–H and O–H groups in total. The Labute approximate surface area is 155 Å². The maximum Gasteiger partial charge on any atom is 0.239 e. The number of nitrogens with one attached hydrogen (secondary N) is 3. The van der Waals surface area contributed by atoms with E-state index in [4.69, 9.17) is 0 Å². The molecule has 0 radical (unpaired) electrons. The summed E-state index contributed by atoms with van der Waals surface area (Å²) in [5, 5.41) is 8.98. The number of para-hydroxylation sites is 1. The molecule has 2 rings (SSSR count). The molecule has 0 aliphatic rings. The third kappa shape index (κ3) is 6.97. The highest BCUT2D eigenvalue weighted by molar-refractivity contribution is 5.85. The summed E-state index contributed by atoms with van der Waals surface area (Å²) in [6.45, 7) is 4.70. The largest absolute Gasteiger partial charge is 0.380 e. The summed E-state index contributed by atoms with van der Waals surface area (Å²) in [6, 6.07) is 19.5. The molecule has 1 unspecified atom stereocenters. The van der Waals surface area contributed by atoms with E-state index in [1.54, 1.807) is 0 Å². The second-order valence-corrected chi connectivity index (χ2v) is 6.60. The van der Waals surface area contributed by atoms with Gasteiger partial charge in [0.2, 0.25) is 11.8 Å². The molecule has 0 heterocycles. The van der Waals surface area contributed by atoms with Crippen molar-refractivity contribution in [2.45, 2.75) is 26.3 Å². The van der Waals surface area contributed by atoms with Crippen LogP contribution in [0.1, 0.15) is 19.4 Å². The molecule has 0 aliphatic heterocycles. The molecule has 2 amide bonds. The van der Waals surface area contributed by atoms with Crippen LogP contribution in [0.5, 0.6) is 0 Å². The number of hydrogen-bond acceptors (Lipinski definition) is 3. The first-order valence-electron chi connectivity index (χ1n) is 8.93. The molecule has 2 aromatic rings. The summed E-state index contributed by atoms with van der Waals surface area (Å²) in [7, 11) is 0. The molecule has 138 valence electrons. The first-order valence-corrected chi connectivity index (χ1v) is 8.93. The highest BCUT2D eigenvalue weighted by atomic mass is 16.2. The first-order chi connectivity index (χ1) is 12.5. The fourth-order valence-corrected chi connectivity index (χ4v) is 2.51. The second kappa shape index (κ2) is 10.2. The van der Waals surface area contributed by atoms with Gasteiger partial charge in [-0.05, 0) is 23.6 Å². The number of hydrogen-bond donors (Lipinski definition) is 3. The van der Waals surface area contributed by atoms with Gasteiger partial charge in [0.05, 0.1) is 13.0 Å². The number of anilines is 1. The van der Waals surface area contributed by atoms with Gasteiger partial charge in [0, 0.05) is 18.3 Å². The van der Waals surface area contributed by atoms with Gasteiger partial charge in [0.1, 0.15) is 0 Å². The standard InChI is InChI=1S/C21H27N3O2/c1-16(2)19(24-18-11-7-4-8-12-18)14-22-21(26)15-23-20(25)13-17-9-5-3-6-10-17/h3-12,16,19,24H,13-15H2,1-2H3,(H,22,26)(H,23,25). The second-order valence-electron chi connectivity index (χ2n) is 6.60. The minimum Gasteiger partial charge on any atom is -0.380 e. The molecule has 1 atom stereocenters. The smallest absolute Gasteiger partial charge is 0.239 e. The zero-order valence-corrected chi connectivity index (χ0v) is 15.4. The van der Waals surface area contributed by atoms with E-state index in [-0.39, 0.29) is 30.8 Å². The topological polar surface area (TPSA) is 70.2 Å². The van der Waals surface area contributed by atoms with Gasteiger partial charge in [-0.25, -0.2) is 0 Å². The summed E-state index contributed by atoms with van der Waals surface area (Å²) in [6.07, 6.45) is 0.276. The highest BCUT2D eigenvalue weighted by Gasteiger charge is 2.14. The van der Waals surface area contributed by atoms with Crippen LogP contribution in [0.3, 0.4) is 0 Å². The van der Waals surface area contributed by atoms with Gasteiger partial charge in [-0.3, -0.25) is 9.59 Å². The Bertz CT molecular complexity index is 687. The van der Waals surface area contributed by atoms with Crippen LogP contribution in [0.4, 0.5) is 5.69 Å². The van der Waals surface area contributed by atoms with Gasteiger partial charge >= 0.3 is 0 Å². The molecule has 0 saturated heterocycles. The van der Waals surface area contributed by atoms with Crippen LogP contribution in [0.25, 0.3) is 0 Å². The number of carbonyl (C=O) groups excluding carboxylic acids is 2. The number of amides is 2. The van der Waals surface area contributed by atoms with Crippen LogP contribution < -0.4 is 16.0 Å². The van der Waals surface area contributed by atoms with Gasteiger partial charge in [-0.15, -0.1) is 0 Å². The predicted octanol–water partition coefficient (Wildman–Crippen LogP) is 2.60. The van der Waals surface area contributed by atoms with Gasteiger partial charge in [-0.1, -0.05) is 62.4 Å². The molecular formula is C21H27N3O2. The lowest BCUT2D eigenvalue weighted by Crippen LogP contribution is -2.43. The van der Waals surface area contributed by atoms with Crippen molar-refractivity contribution in [3.05, 3.63) is 66.2 Å². The summed E-state index contributed by atoms with van der Waals surface area (Å²) >= 11 is 0. The molecule has 0 bridgehead atoms. The van der Waals surface area contributed by atoms with Gasteiger partial charge in [-0.2, -0.15) is 0 Å². The van der Waals surface area contributed by atoms with Gasteiger partial charge in [0.25, 0.3) is 0 Å². The van der Waals surface area contributed by atoms with Crippen LogP contribution in [-0.2, 0) is 16.0 Å². The number of rotatable bonds is 9. The van der Waals surface area contributed by atoms with E-state index in [1.807, 2.05) is 60.7 Å². The average Bonchev–Trinajstić information content (AvgIpc) is 2.65. The molecule has 0 saturated carbocycles. The van der Waals surface area contributed by atoms with Gasteiger partial charge in [0.15, 0.2) is 0 Å². The Morgan fingerprint density at radius 2 is 1.46 bits per heavy atom. The molecule has 0 spiro atoms. The molecule has 0 fully saturated rings. The SMILES string of the molecule is CC(C)C(CNC(=O)CNC(=O)Cc1ccccc1)Nc1ccccc1. The molecular weight excluding hydrogens is 326 g/mol. The quantitative estimate of drug-likeness (QED) is 0.649. The Kier molecular flexibility index (Phi) is 7.68. The lowest BCUT2D eigenvalue weighted by atomic mass is 10.0. The van der Waals surface area contributed by atoms with E-state index in [2.05, 4.69) is 29.8 Å². The van der Waals surface area contributed by atoms with Crippen molar-refractivity contribution in [2.24, 2.45) is 5.92 Å². The Morgan fingerprint density at radius 1 is 0.846 bits per heavy atom. The molecule has 5 heteroatoms. The van der Waals surface area contributed by atoms with Crippen molar-refractivity contribution in [3.8, 4) is 0 Å². The number of carbonyl (C=O) groups is 2. The first kappa shape index (κ1) is 19.5. The average molecular weight is 353 g/mol. The van der Waals surface area contributed by atoms with Crippen LogP contribution in [0.2, 0.25) is 0 Å². The van der Waals surface area contributed by atoms with E-state index < -0.39 is 0 Å². The molecule has 5 nitrogen and oxygen atoms in total. The third-order valence-electron chi connectivity index (χ3n) is 4.10. The number of benzene rings is 2. The minimum atomic E-state index is -0.188. The van der Waals surface area contributed by atoms with E-state index in [1.165, 1.54) is 0 Å². The maximum atomic E-state index is 12.0. The predicted molar refractivity (Wildman–Crippen MR) is 105 cm³/mol. The summed E-state index contributed by atoms with van der Waals surface area (Å²) in [5.74, 6) is 0.00395. The van der Waals surface area contributed by atoms with E-state index in [9.17, 15) is 9.59 Å². The van der Waals surface area contributed by atoms with E-state index >= 15 is 0 Å². The van der Waals surface area contributed by atoms with Crippen molar-refractivity contribution in [3.63, 3.8) is 0 Å². The van der Waals surface area contributed by atoms with Crippen LogP contribution in [0, 0.1) is 5.92 Å². The normalized spacial score (nSPS) is 11.7. The Morgan fingerprint density at radius 3 is 2.08 bits per heavy atom. The molecule has 2 aromatic carbocycles. The third-order valence-corrected chi connectivity index (χ3v) is 4.10. The maximum absolute atomic E-state index is 12.0. The Hall–Kier alpha value is -2.82. The van der Waals surface area contributed by atoms with E-state index in [0.717, 1.165) is 11.3 Å². The van der Waals surface area contributed by atoms with Crippen molar-refractivity contribution in [2.75, 3.05) is 18.4 Å². The fraction of sp³-hybridized carbons (Fsp3) is 0.333. The van der Waals surface area contributed by atoms with Crippen molar-refractivity contribution >= 4 is 17.5 Å². The Balaban J connectivity index is 1.73. The van der Waals surface area contributed by atoms with Crippen molar-refractivity contribution < 1.29 is 9.59 Å². The monoisotopic (exact) mass is 353 g/mol. The summed E-state index contributed by atoms with van der Waals surface area (Å²) in [4.78, 5) is 23.9. The summed E-state index contributed by atoms with van der Waals surface area (Å²) < 4.78 is 0. The zero-order valence-electron chi connectivity index (χ0n) is 15.4. The zero-order chi connectivity index (χ0) is 18.8. The van der Waals surface area contributed by atoms with Crippen LogP contribution >= 0.6 is 0 Å². The molecule has 26 heavy (non-hydrogen) atoms. The lowest BCUT2D eigenvalue weighted by Gasteiger charge is -2.24. The van der Waals surface area contributed by atoms with Crippen molar-refractivity contribution in [1.29, 1.82) is 0 Å². The van der Waals surface area contributed by atoms with E-state index in [0.29, 0.717) is 12.5 Å². The fourth-order valence-electron chi connectivity index (χ4n) is 2.51. The van der Waals surface area contributed by atoms with Crippen LogP contribution in [0.15, 0.2) is 60.7 Å².